The van der Waals surface area contributed by atoms with Crippen molar-refractivity contribution in [3.8, 4) is 11.8 Å². The molecule has 0 spiro atoms. The molecule has 2 fully saturated rings. The van der Waals surface area contributed by atoms with Crippen molar-refractivity contribution in [1.29, 1.82) is 5.26 Å². The van der Waals surface area contributed by atoms with Gasteiger partial charge in [0, 0.05) is 18.7 Å². The second-order valence-corrected chi connectivity index (χ2v) is 10.4. The molecule has 7 nitrogen and oxygen atoms in total. The molecule has 2 saturated heterocycles. The lowest BCUT2D eigenvalue weighted by molar-refractivity contribution is -0.135. The number of halogens is 2. The van der Waals surface area contributed by atoms with Gasteiger partial charge in [0.1, 0.15) is 18.9 Å². The highest BCUT2D eigenvalue weighted by Gasteiger charge is 2.37. The summed E-state index contributed by atoms with van der Waals surface area (Å²) in [6, 6.07) is 12.9. The van der Waals surface area contributed by atoms with Crippen molar-refractivity contribution in [2.24, 2.45) is 0 Å². The third-order valence-electron chi connectivity index (χ3n) is 5.45. The van der Waals surface area contributed by atoms with Gasteiger partial charge in [-0.3, -0.25) is 19.3 Å². The van der Waals surface area contributed by atoms with Gasteiger partial charge in [-0.05, 0) is 86.3 Å². The van der Waals surface area contributed by atoms with Crippen LogP contribution < -0.4 is 4.74 Å². The summed E-state index contributed by atoms with van der Waals surface area (Å²) in [7, 11) is 0. The molecule has 2 aliphatic heterocycles. The Labute approximate surface area is 218 Å². The summed E-state index contributed by atoms with van der Waals surface area (Å²) in [6.07, 6.45) is 3.51. The first-order valence-electron chi connectivity index (χ1n) is 10.5. The van der Waals surface area contributed by atoms with Gasteiger partial charge in [0.25, 0.3) is 11.1 Å². The smallest absolute Gasteiger partial charge is 0.294 e. The predicted octanol–water partition coefficient (Wildman–Crippen LogP) is 5.32. The topological polar surface area (TPSA) is 90.7 Å². The zero-order valence-corrected chi connectivity index (χ0v) is 21.9. The van der Waals surface area contributed by atoms with Crippen molar-refractivity contribution in [2.75, 3.05) is 19.6 Å². The number of hydrogen-bond donors (Lipinski definition) is 0. The van der Waals surface area contributed by atoms with Gasteiger partial charge in [-0.1, -0.05) is 18.2 Å². The molecule has 2 heterocycles. The average Bonchev–Trinajstić information content (AvgIpc) is 3.44. The van der Waals surface area contributed by atoms with Crippen LogP contribution in [0.25, 0.3) is 6.08 Å². The van der Waals surface area contributed by atoms with E-state index in [4.69, 9.17) is 4.74 Å². The lowest BCUT2D eigenvalue weighted by atomic mass is 10.1. The molecule has 0 unspecified atom stereocenters. The molecule has 0 saturated carbocycles. The maximum atomic E-state index is 12.8. The molecule has 174 valence electrons. The summed E-state index contributed by atoms with van der Waals surface area (Å²) in [6.45, 7) is 1.32. The SMILES string of the molecule is N#Cc1ccccc1COc1c(Br)cc(/C=C2/SC(=O)N(CC(=O)N3CCCC3)C2=O)cc1Br. The minimum Gasteiger partial charge on any atom is -0.486 e. The van der Waals surface area contributed by atoms with Crippen LogP contribution in [0.4, 0.5) is 4.79 Å². The highest BCUT2D eigenvalue weighted by Crippen LogP contribution is 2.38. The van der Waals surface area contributed by atoms with Gasteiger partial charge in [0.05, 0.1) is 25.5 Å². The number of carbonyl (C=O) groups is 3. The van der Waals surface area contributed by atoms with Gasteiger partial charge in [-0.2, -0.15) is 5.26 Å². The molecule has 3 amide bonds. The third-order valence-corrected chi connectivity index (χ3v) is 7.54. The quantitative estimate of drug-likeness (QED) is 0.415. The molecule has 2 aromatic carbocycles. The molecule has 2 aromatic rings. The number of likely N-dealkylation sites (tertiary alicyclic amines) is 1. The summed E-state index contributed by atoms with van der Waals surface area (Å²) in [4.78, 5) is 40.5. The van der Waals surface area contributed by atoms with Crippen molar-refractivity contribution in [3.05, 3.63) is 66.9 Å². The van der Waals surface area contributed by atoms with Gasteiger partial charge in [0.2, 0.25) is 5.91 Å². The lowest BCUT2D eigenvalue weighted by Crippen LogP contribution is -2.40. The fraction of sp³-hybridized carbons (Fsp3) is 0.250. The maximum absolute atomic E-state index is 12.8. The normalized spacial score (nSPS) is 16.9. The van der Waals surface area contributed by atoms with E-state index in [0.717, 1.165) is 35.1 Å². The van der Waals surface area contributed by atoms with E-state index in [0.29, 0.717) is 38.9 Å². The van der Waals surface area contributed by atoms with Crippen molar-refractivity contribution in [3.63, 3.8) is 0 Å². The largest absolute Gasteiger partial charge is 0.486 e. The van der Waals surface area contributed by atoms with Crippen LogP contribution in [0.3, 0.4) is 0 Å². The van der Waals surface area contributed by atoms with Crippen LogP contribution in [0.2, 0.25) is 0 Å². The van der Waals surface area contributed by atoms with Gasteiger partial charge in [0.15, 0.2) is 0 Å². The Morgan fingerprint density at radius 1 is 1.15 bits per heavy atom. The Morgan fingerprint density at radius 3 is 2.50 bits per heavy atom. The molecule has 0 atom stereocenters. The number of rotatable bonds is 6. The van der Waals surface area contributed by atoms with E-state index < -0.39 is 11.1 Å². The molecule has 0 aromatic heterocycles. The second-order valence-electron chi connectivity index (χ2n) is 7.73. The predicted molar refractivity (Wildman–Crippen MR) is 136 cm³/mol. The van der Waals surface area contributed by atoms with E-state index in [9.17, 15) is 19.6 Å². The molecule has 0 bridgehead atoms. The Hall–Kier alpha value is -2.61. The van der Waals surface area contributed by atoms with E-state index in [1.807, 2.05) is 12.1 Å². The van der Waals surface area contributed by atoms with Crippen molar-refractivity contribution < 1.29 is 19.1 Å². The summed E-state index contributed by atoms with van der Waals surface area (Å²) in [5, 5.41) is 8.80. The molecular formula is C24H19Br2N3O4S. The fourth-order valence-corrected chi connectivity index (χ4v) is 5.98. The van der Waals surface area contributed by atoms with Crippen LogP contribution >= 0.6 is 43.6 Å². The third kappa shape index (κ3) is 5.37. The van der Waals surface area contributed by atoms with Crippen molar-refractivity contribution in [2.45, 2.75) is 19.4 Å². The number of amides is 3. The number of benzene rings is 2. The van der Waals surface area contributed by atoms with Crippen LogP contribution in [0.5, 0.6) is 5.75 Å². The van der Waals surface area contributed by atoms with E-state index in [1.165, 1.54) is 0 Å². The summed E-state index contributed by atoms with van der Waals surface area (Å²) in [5.41, 5.74) is 2.00. The van der Waals surface area contributed by atoms with Gasteiger partial charge in [-0.25, -0.2) is 0 Å². The van der Waals surface area contributed by atoms with Gasteiger partial charge < -0.3 is 9.64 Å². The Bertz CT molecular complexity index is 1210. The summed E-state index contributed by atoms with van der Waals surface area (Å²) >= 11 is 7.82. The monoisotopic (exact) mass is 603 g/mol. The highest BCUT2D eigenvalue weighted by molar-refractivity contribution is 9.11. The molecule has 34 heavy (non-hydrogen) atoms. The number of thioether (sulfide) groups is 1. The molecule has 0 aliphatic carbocycles. The summed E-state index contributed by atoms with van der Waals surface area (Å²) in [5.74, 6) is -0.122. The Kier molecular flexibility index (Phi) is 7.76. The number of nitriles is 1. The minimum atomic E-state index is -0.469. The van der Waals surface area contributed by atoms with Crippen LogP contribution in [0, 0.1) is 11.3 Å². The van der Waals surface area contributed by atoms with Crippen LogP contribution in [-0.4, -0.2) is 46.5 Å². The first kappa shape index (κ1) is 24.5. The van der Waals surface area contributed by atoms with E-state index in [-0.39, 0.29) is 24.0 Å². The minimum absolute atomic E-state index is 0.203. The molecule has 0 N–H and O–H groups in total. The second kappa shape index (κ2) is 10.8. The van der Waals surface area contributed by atoms with Gasteiger partial charge in [-0.15, -0.1) is 0 Å². The van der Waals surface area contributed by atoms with Crippen LogP contribution in [-0.2, 0) is 16.2 Å². The van der Waals surface area contributed by atoms with E-state index >= 15 is 0 Å². The van der Waals surface area contributed by atoms with Crippen LogP contribution in [0.1, 0.15) is 29.5 Å². The number of hydrogen-bond acceptors (Lipinski definition) is 6. The zero-order valence-electron chi connectivity index (χ0n) is 17.9. The fourth-order valence-electron chi connectivity index (χ4n) is 3.70. The first-order valence-corrected chi connectivity index (χ1v) is 12.9. The highest BCUT2D eigenvalue weighted by atomic mass is 79.9. The lowest BCUT2D eigenvalue weighted by Gasteiger charge is -2.18. The average molecular weight is 605 g/mol. The molecule has 4 rings (SSSR count). The van der Waals surface area contributed by atoms with E-state index in [2.05, 4.69) is 37.9 Å². The molecule has 0 radical (unpaired) electrons. The van der Waals surface area contributed by atoms with E-state index in [1.54, 1.807) is 35.2 Å². The summed E-state index contributed by atoms with van der Waals surface area (Å²) < 4.78 is 7.22. The Morgan fingerprint density at radius 2 is 1.82 bits per heavy atom. The Balaban J connectivity index is 1.47. The number of nitrogens with zero attached hydrogens (tertiary/aromatic N) is 3. The number of ether oxygens (including phenoxy) is 1. The first-order chi connectivity index (χ1) is 16.4. The number of carbonyl (C=O) groups excluding carboxylic acids is 3. The van der Waals surface area contributed by atoms with Crippen LogP contribution in [0.15, 0.2) is 50.2 Å². The molecular weight excluding hydrogens is 586 g/mol. The zero-order chi connectivity index (χ0) is 24.2. The van der Waals surface area contributed by atoms with Crippen molar-refractivity contribution in [1.82, 2.24) is 9.80 Å². The van der Waals surface area contributed by atoms with Gasteiger partial charge >= 0.3 is 0 Å². The van der Waals surface area contributed by atoms with Crippen molar-refractivity contribution >= 4 is 66.8 Å². The molecule has 10 heteroatoms. The molecule has 2 aliphatic rings. The standard InChI is InChI=1S/C24H19Br2N3O4S/c25-18-9-15(10-19(26)22(18)33-14-17-6-2-1-5-16(17)12-27)11-20-23(31)29(24(32)34-20)13-21(30)28-7-3-4-8-28/h1-2,5-6,9-11H,3-4,7-8,13-14H2/b20-11+. The maximum Gasteiger partial charge on any atom is 0.294 e. The number of imide groups is 1.